The fourth-order valence-corrected chi connectivity index (χ4v) is 2.29. The number of nitro groups is 1. The molecule has 1 aliphatic rings. The summed E-state index contributed by atoms with van der Waals surface area (Å²) in [6.45, 7) is 1.75. The van der Waals surface area contributed by atoms with E-state index in [4.69, 9.17) is 9.47 Å². The van der Waals surface area contributed by atoms with Crippen LogP contribution in [0.1, 0.15) is 6.92 Å². The van der Waals surface area contributed by atoms with E-state index in [-0.39, 0.29) is 11.6 Å². The summed E-state index contributed by atoms with van der Waals surface area (Å²) in [6.07, 6.45) is -1.26. The number of carbonyl (C=O) groups is 1. The van der Waals surface area contributed by atoms with E-state index in [1.165, 1.54) is 24.3 Å². The standard InChI is InChI=1S/C16H14N2O5/c1-10-15(23-14-5-3-2-4-13(14)22-10)16(19)17-11-6-8-12(9-7-11)18(20)21/h2-10,15H,1H3,(H,17,19)/t10-,15-/m1/s1. The number of non-ortho nitro benzene ring substituents is 1. The van der Waals surface area contributed by atoms with Gasteiger partial charge in [0.05, 0.1) is 4.92 Å². The van der Waals surface area contributed by atoms with E-state index < -0.39 is 17.1 Å². The molecule has 1 heterocycles. The third-order valence-corrected chi connectivity index (χ3v) is 3.45. The Balaban J connectivity index is 1.72. The zero-order valence-electron chi connectivity index (χ0n) is 12.3. The van der Waals surface area contributed by atoms with Crippen LogP contribution in [0.3, 0.4) is 0 Å². The van der Waals surface area contributed by atoms with Crippen molar-refractivity contribution in [3.63, 3.8) is 0 Å². The monoisotopic (exact) mass is 314 g/mol. The second-order valence-corrected chi connectivity index (χ2v) is 5.10. The first-order chi connectivity index (χ1) is 11.0. The Bertz CT molecular complexity index is 744. The van der Waals surface area contributed by atoms with E-state index in [1.54, 1.807) is 25.1 Å². The molecule has 0 saturated carbocycles. The number of nitro benzene ring substituents is 1. The lowest BCUT2D eigenvalue weighted by Crippen LogP contribution is -2.46. The molecule has 2 aromatic carbocycles. The van der Waals surface area contributed by atoms with Gasteiger partial charge in [0.25, 0.3) is 11.6 Å². The summed E-state index contributed by atoms with van der Waals surface area (Å²) in [5.41, 5.74) is 0.415. The summed E-state index contributed by atoms with van der Waals surface area (Å²) in [7, 11) is 0. The third kappa shape index (κ3) is 3.08. The second-order valence-electron chi connectivity index (χ2n) is 5.10. The summed E-state index contributed by atoms with van der Waals surface area (Å²) >= 11 is 0. The molecular weight excluding hydrogens is 300 g/mol. The van der Waals surface area contributed by atoms with Crippen molar-refractivity contribution in [2.75, 3.05) is 5.32 Å². The van der Waals surface area contributed by atoms with Crippen LogP contribution in [-0.4, -0.2) is 23.0 Å². The van der Waals surface area contributed by atoms with Crippen molar-refractivity contribution < 1.29 is 19.2 Å². The highest BCUT2D eigenvalue weighted by Crippen LogP contribution is 2.33. The van der Waals surface area contributed by atoms with Crippen LogP contribution >= 0.6 is 0 Å². The lowest BCUT2D eigenvalue weighted by Gasteiger charge is -2.30. The zero-order valence-corrected chi connectivity index (χ0v) is 12.3. The fraction of sp³-hybridized carbons (Fsp3) is 0.188. The maximum absolute atomic E-state index is 12.4. The molecule has 2 atom stereocenters. The first kappa shape index (κ1) is 14.8. The predicted molar refractivity (Wildman–Crippen MR) is 82.7 cm³/mol. The third-order valence-electron chi connectivity index (χ3n) is 3.45. The topological polar surface area (TPSA) is 90.7 Å². The summed E-state index contributed by atoms with van der Waals surface area (Å²) in [4.78, 5) is 22.5. The Hall–Kier alpha value is -3.09. The van der Waals surface area contributed by atoms with E-state index in [2.05, 4.69) is 5.32 Å². The van der Waals surface area contributed by atoms with Gasteiger partial charge in [-0.3, -0.25) is 14.9 Å². The maximum Gasteiger partial charge on any atom is 0.269 e. The smallest absolute Gasteiger partial charge is 0.269 e. The molecule has 1 amide bonds. The molecular formula is C16H14N2O5. The fourth-order valence-electron chi connectivity index (χ4n) is 2.29. The lowest BCUT2D eigenvalue weighted by molar-refractivity contribution is -0.384. The Morgan fingerprint density at radius 3 is 2.30 bits per heavy atom. The normalized spacial score (nSPS) is 19.0. The Kier molecular flexibility index (Phi) is 3.84. The van der Waals surface area contributed by atoms with Gasteiger partial charge in [0.15, 0.2) is 11.5 Å². The van der Waals surface area contributed by atoms with Gasteiger partial charge in [-0.15, -0.1) is 0 Å². The van der Waals surface area contributed by atoms with E-state index in [0.29, 0.717) is 17.2 Å². The van der Waals surface area contributed by atoms with Gasteiger partial charge in [0.2, 0.25) is 6.10 Å². The molecule has 0 radical (unpaired) electrons. The van der Waals surface area contributed by atoms with E-state index >= 15 is 0 Å². The van der Waals surface area contributed by atoms with E-state index in [9.17, 15) is 14.9 Å². The highest BCUT2D eigenvalue weighted by molar-refractivity contribution is 5.95. The van der Waals surface area contributed by atoms with Crippen molar-refractivity contribution in [3.8, 4) is 11.5 Å². The number of benzene rings is 2. The van der Waals surface area contributed by atoms with Crippen LogP contribution in [-0.2, 0) is 4.79 Å². The number of carbonyl (C=O) groups excluding carboxylic acids is 1. The Morgan fingerprint density at radius 2 is 1.70 bits per heavy atom. The van der Waals surface area contributed by atoms with Crippen molar-refractivity contribution in [3.05, 3.63) is 58.6 Å². The Morgan fingerprint density at radius 1 is 1.09 bits per heavy atom. The molecule has 7 nitrogen and oxygen atoms in total. The molecule has 118 valence electrons. The van der Waals surface area contributed by atoms with Crippen molar-refractivity contribution in [2.45, 2.75) is 19.1 Å². The maximum atomic E-state index is 12.4. The number of nitrogens with zero attached hydrogens (tertiary/aromatic N) is 1. The molecule has 0 saturated heterocycles. The molecule has 0 fully saturated rings. The van der Waals surface area contributed by atoms with Crippen molar-refractivity contribution in [2.24, 2.45) is 0 Å². The lowest BCUT2D eigenvalue weighted by atomic mass is 10.1. The molecule has 1 N–H and O–H groups in total. The van der Waals surface area contributed by atoms with Crippen molar-refractivity contribution in [1.29, 1.82) is 0 Å². The van der Waals surface area contributed by atoms with Gasteiger partial charge < -0.3 is 14.8 Å². The van der Waals surface area contributed by atoms with Gasteiger partial charge in [-0.2, -0.15) is 0 Å². The summed E-state index contributed by atoms with van der Waals surface area (Å²) in [6, 6.07) is 12.7. The Labute approximate surface area is 132 Å². The van der Waals surface area contributed by atoms with Gasteiger partial charge in [-0.05, 0) is 31.2 Å². The van der Waals surface area contributed by atoms with Gasteiger partial charge in [-0.25, -0.2) is 0 Å². The van der Waals surface area contributed by atoms with Gasteiger partial charge in [0.1, 0.15) is 6.10 Å². The van der Waals surface area contributed by atoms with Crippen LogP contribution < -0.4 is 14.8 Å². The molecule has 0 aromatic heterocycles. The van der Waals surface area contributed by atoms with E-state index in [1.807, 2.05) is 6.07 Å². The number of ether oxygens (including phenoxy) is 2. The molecule has 2 aromatic rings. The van der Waals surface area contributed by atoms with Crippen molar-refractivity contribution >= 4 is 17.3 Å². The minimum atomic E-state index is -0.805. The molecule has 1 aliphatic heterocycles. The minimum absolute atomic E-state index is 0.0393. The number of amides is 1. The van der Waals surface area contributed by atoms with Gasteiger partial charge in [0, 0.05) is 17.8 Å². The van der Waals surface area contributed by atoms with Crippen LogP contribution in [0.2, 0.25) is 0 Å². The largest absolute Gasteiger partial charge is 0.482 e. The molecule has 0 aliphatic carbocycles. The first-order valence-corrected chi connectivity index (χ1v) is 7.02. The quantitative estimate of drug-likeness (QED) is 0.695. The second kappa shape index (κ2) is 5.96. The number of hydrogen-bond acceptors (Lipinski definition) is 5. The molecule has 0 spiro atoms. The van der Waals surface area contributed by atoms with Crippen LogP contribution in [0.4, 0.5) is 11.4 Å². The number of nitrogens with one attached hydrogen (secondary N) is 1. The highest BCUT2D eigenvalue weighted by atomic mass is 16.6. The summed E-state index contributed by atoms with van der Waals surface area (Å²) in [5, 5.41) is 13.3. The summed E-state index contributed by atoms with van der Waals surface area (Å²) < 4.78 is 11.4. The number of para-hydroxylation sites is 2. The van der Waals surface area contributed by atoms with Crippen LogP contribution in [0.15, 0.2) is 48.5 Å². The average Bonchev–Trinajstić information content (AvgIpc) is 2.54. The van der Waals surface area contributed by atoms with E-state index in [0.717, 1.165) is 0 Å². The SMILES string of the molecule is C[C@H]1Oc2ccccc2O[C@H]1C(=O)Nc1ccc([N+](=O)[O-])cc1. The van der Waals surface area contributed by atoms with Crippen molar-refractivity contribution in [1.82, 2.24) is 0 Å². The van der Waals surface area contributed by atoms with Gasteiger partial charge in [-0.1, -0.05) is 12.1 Å². The molecule has 23 heavy (non-hydrogen) atoms. The zero-order chi connectivity index (χ0) is 16.4. The average molecular weight is 314 g/mol. The molecule has 7 heteroatoms. The number of fused-ring (bicyclic) bond motifs is 1. The number of hydrogen-bond donors (Lipinski definition) is 1. The number of anilines is 1. The van der Waals surface area contributed by atoms with Crippen LogP contribution in [0, 0.1) is 10.1 Å². The summed E-state index contributed by atoms with van der Waals surface area (Å²) in [5.74, 6) is 0.731. The number of rotatable bonds is 3. The van der Waals surface area contributed by atoms with Crippen LogP contribution in [0.25, 0.3) is 0 Å². The predicted octanol–water partition coefficient (Wildman–Crippen LogP) is 2.76. The minimum Gasteiger partial charge on any atom is -0.482 e. The first-order valence-electron chi connectivity index (χ1n) is 7.02. The molecule has 3 rings (SSSR count). The van der Waals surface area contributed by atoms with Gasteiger partial charge >= 0.3 is 0 Å². The molecule has 0 unspecified atom stereocenters. The highest BCUT2D eigenvalue weighted by Gasteiger charge is 2.34. The molecule has 0 bridgehead atoms. The van der Waals surface area contributed by atoms with Crippen LogP contribution in [0.5, 0.6) is 11.5 Å².